The zero-order valence-electron chi connectivity index (χ0n) is 16.8. The third-order valence-corrected chi connectivity index (χ3v) is 6.26. The molecule has 0 amide bonds. The number of nitro groups is 1. The van der Waals surface area contributed by atoms with Crippen LogP contribution in [0.4, 0.5) is 5.69 Å². The van der Waals surface area contributed by atoms with Crippen LogP contribution >= 0.6 is 11.3 Å². The molecule has 12 heteroatoms. The second kappa shape index (κ2) is 9.58. The number of ether oxygens (including phenoxy) is 2. The molecule has 0 unspecified atom stereocenters. The fraction of sp³-hybridized carbons (Fsp3) is 0.100. The van der Waals surface area contributed by atoms with Crippen LogP contribution in [-0.2, 0) is 10.0 Å². The van der Waals surface area contributed by atoms with E-state index in [1.165, 1.54) is 55.9 Å². The Morgan fingerprint density at radius 3 is 2.62 bits per heavy atom. The summed E-state index contributed by atoms with van der Waals surface area (Å²) in [5, 5.41) is 16.5. The van der Waals surface area contributed by atoms with Gasteiger partial charge in [-0.2, -0.15) is 13.5 Å². The van der Waals surface area contributed by atoms with E-state index in [9.17, 15) is 23.3 Å². The fourth-order valence-electron chi connectivity index (χ4n) is 2.57. The molecule has 0 saturated heterocycles. The molecule has 0 fully saturated rings. The molecule has 0 aliphatic heterocycles. The number of benzene rings is 2. The average Bonchev–Trinajstić information content (AvgIpc) is 3.29. The van der Waals surface area contributed by atoms with Gasteiger partial charge in [0, 0.05) is 11.6 Å². The molecule has 0 bridgehead atoms. The van der Waals surface area contributed by atoms with E-state index in [4.69, 9.17) is 9.47 Å². The van der Waals surface area contributed by atoms with E-state index in [1.807, 2.05) is 4.83 Å². The Hall–Kier alpha value is -3.77. The Bertz CT molecular complexity index is 1290. The van der Waals surface area contributed by atoms with Gasteiger partial charge in [0.2, 0.25) is 0 Å². The van der Waals surface area contributed by atoms with Crippen molar-refractivity contribution in [2.24, 2.45) is 5.10 Å². The van der Waals surface area contributed by atoms with Crippen LogP contribution in [0.1, 0.15) is 20.8 Å². The van der Waals surface area contributed by atoms with Gasteiger partial charge >= 0.3 is 5.97 Å². The van der Waals surface area contributed by atoms with Crippen LogP contribution in [0.25, 0.3) is 0 Å². The number of hydrazone groups is 1. The van der Waals surface area contributed by atoms with Crippen molar-refractivity contribution in [1.82, 2.24) is 4.83 Å². The van der Waals surface area contributed by atoms with Gasteiger partial charge in [0.05, 0.1) is 23.1 Å². The standard InChI is InChI=1S/C20H17N3O7S2/c1-13-5-7-15(11-16(13)23(25)26)32(27,28)22-21-12-14-6-8-17(18(10-14)29-2)30-20(24)19-4-3-9-31-19/h3-12,22H,1-2H3. The number of nitro benzene ring substituents is 1. The number of carbonyl (C=O) groups excluding carboxylic acids is 1. The van der Waals surface area contributed by atoms with Crippen LogP contribution in [0, 0.1) is 17.0 Å². The molecule has 1 heterocycles. The SMILES string of the molecule is COc1cc(C=NNS(=O)(=O)c2ccc(C)c([N+](=O)[O-])c2)ccc1OC(=O)c1cccs1. The zero-order valence-corrected chi connectivity index (χ0v) is 18.5. The minimum Gasteiger partial charge on any atom is -0.493 e. The molecular formula is C20H17N3O7S2. The number of esters is 1. The third-order valence-electron chi connectivity index (χ3n) is 4.19. The van der Waals surface area contributed by atoms with E-state index < -0.39 is 20.9 Å². The van der Waals surface area contributed by atoms with Crippen molar-refractivity contribution in [2.75, 3.05) is 7.11 Å². The van der Waals surface area contributed by atoms with Crippen molar-refractivity contribution in [1.29, 1.82) is 0 Å². The summed E-state index contributed by atoms with van der Waals surface area (Å²) in [7, 11) is -2.73. The van der Waals surface area contributed by atoms with Gasteiger partial charge in [-0.15, -0.1) is 11.3 Å². The molecule has 0 aliphatic rings. The molecule has 3 rings (SSSR count). The predicted octanol–water partition coefficient (Wildman–Crippen LogP) is 3.50. The molecule has 3 aromatic rings. The van der Waals surface area contributed by atoms with Crippen molar-refractivity contribution in [2.45, 2.75) is 11.8 Å². The highest BCUT2D eigenvalue weighted by atomic mass is 32.2. The van der Waals surface area contributed by atoms with Gasteiger partial charge in [0.25, 0.3) is 15.7 Å². The highest BCUT2D eigenvalue weighted by molar-refractivity contribution is 7.89. The normalized spacial score (nSPS) is 11.3. The van der Waals surface area contributed by atoms with Crippen LogP contribution in [0.2, 0.25) is 0 Å². The van der Waals surface area contributed by atoms with Crippen molar-refractivity contribution in [3.63, 3.8) is 0 Å². The number of carbonyl (C=O) groups is 1. The lowest BCUT2D eigenvalue weighted by molar-refractivity contribution is -0.385. The largest absolute Gasteiger partial charge is 0.493 e. The Kier molecular flexibility index (Phi) is 6.85. The van der Waals surface area contributed by atoms with E-state index in [0.717, 1.165) is 6.07 Å². The highest BCUT2D eigenvalue weighted by Gasteiger charge is 2.19. The van der Waals surface area contributed by atoms with Gasteiger partial charge < -0.3 is 9.47 Å². The lowest BCUT2D eigenvalue weighted by Crippen LogP contribution is -2.18. The van der Waals surface area contributed by atoms with E-state index in [-0.39, 0.29) is 22.1 Å². The maximum Gasteiger partial charge on any atom is 0.353 e. The molecule has 0 aliphatic carbocycles. The summed E-state index contributed by atoms with van der Waals surface area (Å²) in [5.74, 6) is -0.0915. The van der Waals surface area contributed by atoms with Gasteiger partial charge in [-0.25, -0.2) is 9.63 Å². The number of aryl methyl sites for hydroxylation is 1. The Labute approximate surface area is 187 Å². The number of hydrogen-bond donors (Lipinski definition) is 1. The first-order valence-electron chi connectivity index (χ1n) is 8.95. The van der Waals surface area contributed by atoms with E-state index in [2.05, 4.69) is 5.10 Å². The third kappa shape index (κ3) is 5.28. The number of nitrogens with zero attached hydrogens (tertiary/aromatic N) is 2. The number of nitrogens with one attached hydrogen (secondary N) is 1. The van der Waals surface area contributed by atoms with E-state index >= 15 is 0 Å². The van der Waals surface area contributed by atoms with Gasteiger partial charge in [0.1, 0.15) is 4.88 Å². The van der Waals surface area contributed by atoms with Crippen LogP contribution in [0.15, 0.2) is 63.9 Å². The van der Waals surface area contributed by atoms with E-state index in [0.29, 0.717) is 16.0 Å². The number of hydrogen-bond acceptors (Lipinski definition) is 9. The monoisotopic (exact) mass is 475 g/mol. The quantitative estimate of drug-likeness (QED) is 0.173. The van der Waals surface area contributed by atoms with Crippen molar-refractivity contribution in [3.05, 3.63) is 80.0 Å². The van der Waals surface area contributed by atoms with Gasteiger partial charge in [-0.3, -0.25) is 10.1 Å². The number of thiophene rings is 1. The first-order valence-corrected chi connectivity index (χ1v) is 11.3. The molecule has 0 atom stereocenters. The minimum absolute atomic E-state index is 0.190. The highest BCUT2D eigenvalue weighted by Crippen LogP contribution is 2.29. The summed E-state index contributed by atoms with van der Waals surface area (Å²) in [6.07, 6.45) is 1.22. The molecule has 32 heavy (non-hydrogen) atoms. The number of sulfonamides is 1. The number of methoxy groups -OCH3 is 1. The molecule has 2 aromatic carbocycles. The Balaban J connectivity index is 1.74. The Morgan fingerprint density at radius 2 is 1.97 bits per heavy atom. The maximum atomic E-state index is 12.4. The van der Waals surface area contributed by atoms with Crippen LogP contribution in [-0.4, -0.2) is 32.6 Å². The molecule has 0 radical (unpaired) electrons. The first kappa shape index (κ1) is 22.9. The predicted molar refractivity (Wildman–Crippen MR) is 118 cm³/mol. The second-order valence-electron chi connectivity index (χ2n) is 6.34. The van der Waals surface area contributed by atoms with Crippen molar-refractivity contribution in [3.8, 4) is 11.5 Å². The average molecular weight is 476 g/mol. The Morgan fingerprint density at radius 1 is 1.19 bits per heavy atom. The summed E-state index contributed by atoms with van der Waals surface area (Å²) in [6, 6.07) is 11.5. The molecule has 0 saturated carbocycles. The van der Waals surface area contributed by atoms with E-state index in [1.54, 1.807) is 23.6 Å². The second-order valence-corrected chi connectivity index (χ2v) is 8.94. The summed E-state index contributed by atoms with van der Waals surface area (Å²) in [6.45, 7) is 1.51. The van der Waals surface area contributed by atoms with Crippen LogP contribution in [0.3, 0.4) is 0 Å². The van der Waals surface area contributed by atoms with Crippen molar-refractivity contribution >= 4 is 39.2 Å². The minimum atomic E-state index is -4.12. The topological polar surface area (TPSA) is 137 Å². The van der Waals surface area contributed by atoms with Crippen LogP contribution < -0.4 is 14.3 Å². The molecule has 1 N–H and O–H groups in total. The summed E-state index contributed by atoms with van der Waals surface area (Å²) in [5.41, 5.74) is 0.481. The molecule has 10 nitrogen and oxygen atoms in total. The maximum absolute atomic E-state index is 12.4. The van der Waals surface area contributed by atoms with Gasteiger partial charge in [0.15, 0.2) is 11.5 Å². The number of rotatable bonds is 8. The van der Waals surface area contributed by atoms with Gasteiger partial charge in [-0.05, 0) is 48.2 Å². The first-order chi connectivity index (χ1) is 15.2. The van der Waals surface area contributed by atoms with Crippen molar-refractivity contribution < 1.29 is 27.6 Å². The fourth-order valence-corrected chi connectivity index (χ4v) is 3.98. The summed E-state index contributed by atoms with van der Waals surface area (Å²) in [4.78, 5) is 24.7. The van der Waals surface area contributed by atoms with Crippen LogP contribution in [0.5, 0.6) is 11.5 Å². The zero-order chi connectivity index (χ0) is 23.3. The summed E-state index contributed by atoms with van der Waals surface area (Å²) >= 11 is 1.24. The molecule has 0 spiro atoms. The molecule has 166 valence electrons. The lowest BCUT2D eigenvalue weighted by Gasteiger charge is -2.09. The van der Waals surface area contributed by atoms with Gasteiger partial charge in [-0.1, -0.05) is 12.1 Å². The smallest absolute Gasteiger partial charge is 0.353 e. The lowest BCUT2D eigenvalue weighted by atomic mass is 10.2. The molecule has 1 aromatic heterocycles. The molecular weight excluding hydrogens is 458 g/mol. The summed E-state index contributed by atoms with van der Waals surface area (Å²) < 4.78 is 35.3.